The van der Waals surface area contributed by atoms with Gasteiger partial charge in [-0.25, -0.2) is 9.78 Å². The first-order valence-electron chi connectivity index (χ1n) is 9.17. The molecule has 0 spiro atoms. The van der Waals surface area contributed by atoms with E-state index >= 15 is 0 Å². The lowest BCUT2D eigenvalue weighted by molar-refractivity contribution is -0.141. The standard InChI is InChI=1S/C20H23ClN4O3/c1-28-18(26)13-17(14-7-2-3-8-15(14)21)24-20(27)23-16-9-6-10-22-19(16)25-11-4-5-12-25/h2-3,6-10,17H,4-5,11-13H2,1H3,(H2,23,24,27)/t17-/m0/s1. The average Bonchev–Trinajstić information content (AvgIpc) is 3.22. The molecule has 0 radical (unpaired) electrons. The van der Waals surface area contributed by atoms with Crippen LogP contribution in [0.15, 0.2) is 42.6 Å². The van der Waals surface area contributed by atoms with Gasteiger partial charge in [-0.1, -0.05) is 29.8 Å². The van der Waals surface area contributed by atoms with Crippen molar-refractivity contribution in [2.45, 2.75) is 25.3 Å². The maximum Gasteiger partial charge on any atom is 0.319 e. The lowest BCUT2D eigenvalue weighted by atomic mass is 10.0. The molecule has 0 aliphatic carbocycles. The molecular formula is C20H23ClN4O3. The molecule has 1 aromatic heterocycles. The highest BCUT2D eigenvalue weighted by atomic mass is 35.5. The van der Waals surface area contributed by atoms with E-state index in [0.717, 1.165) is 31.7 Å². The molecule has 1 aliphatic rings. The number of halogens is 1. The summed E-state index contributed by atoms with van der Waals surface area (Å²) in [5.41, 5.74) is 1.27. The van der Waals surface area contributed by atoms with Crippen LogP contribution in [-0.4, -0.2) is 37.2 Å². The van der Waals surface area contributed by atoms with Gasteiger partial charge in [0.1, 0.15) is 0 Å². The highest BCUT2D eigenvalue weighted by molar-refractivity contribution is 6.31. The van der Waals surface area contributed by atoms with E-state index in [2.05, 4.69) is 20.5 Å². The second kappa shape index (κ2) is 9.41. The van der Waals surface area contributed by atoms with E-state index in [1.54, 1.807) is 36.5 Å². The van der Waals surface area contributed by atoms with Gasteiger partial charge in [-0.3, -0.25) is 4.79 Å². The number of rotatable bonds is 6. The number of carbonyl (C=O) groups excluding carboxylic acids is 2. The van der Waals surface area contributed by atoms with E-state index < -0.39 is 18.0 Å². The number of anilines is 2. The Balaban J connectivity index is 1.76. The summed E-state index contributed by atoms with van der Waals surface area (Å²) in [6.07, 6.45) is 3.89. The third kappa shape index (κ3) is 4.92. The summed E-state index contributed by atoms with van der Waals surface area (Å²) >= 11 is 6.26. The minimum Gasteiger partial charge on any atom is -0.469 e. The number of urea groups is 1. The molecule has 2 amide bonds. The molecule has 1 aliphatic heterocycles. The zero-order chi connectivity index (χ0) is 19.9. The van der Waals surface area contributed by atoms with Gasteiger partial charge in [-0.15, -0.1) is 0 Å². The quantitative estimate of drug-likeness (QED) is 0.719. The normalized spacial score (nSPS) is 14.4. The Morgan fingerprint density at radius 1 is 1.21 bits per heavy atom. The molecule has 2 N–H and O–H groups in total. The number of pyridine rings is 1. The summed E-state index contributed by atoms with van der Waals surface area (Å²) in [5, 5.41) is 6.14. The van der Waals surface area contributed by atoms with Crippen molar-refractivity contribution in [3.8, 4) is 0 Å². The van der Waals surface area contributed by atoms with Gasteiger partial charge in [0.25, 0.3) is 0 Å². The van der Waals surface area contributed by atoms with Crippen molar-refractivity contribution in [3.63, 3.8) is 0 Å². The molecule has 1 fully saturated rings. The second-order valence-corrected chi connectivity index (χ2v) is 6.93. The van der Waals surface area contributed by atoms with Crippen LogP contribution in [0, 0.1) is 0 Å². The van der Waals surface area contributed by atoms with Crippen LogP contribution in [0.3, 0.4) is 0 Å². The Morgan fingerprint density at radius 3 is 2.68 bits per heavy atom. The van der Waals surface area contributed by atoms with Gasteiger partial charge < -0.3 is 20.3 Å². The van der Waals surface area contributed by atoms with Gasteiger partial charge >= 0.3 is 12.0 Å². The lowest BCUT2D eigenvalue weighted by Crippen LogP contribution is -2.34. The van der Waals surface area contributed by atoms with Crippen LogP contribution in [0.25, 0.3) is 0 Å². The Morgan fingerprint density at radius 2 is 1.96 bits per heavy atom. The van der Waals surface area contributed by atoms with Gasteiger partial charge in [0.2, 0.25) is 0 Å². The van der Waals surface area contributed by atoms with Crippen molar-refractivity contribution in [2.24, 2.45) is 0 Å². The molecule has 2 heterocycles. The molecule has 1 saturated heterocycles. The SMILES string of the molecule is COC(=O)C[C@H](NC(=O)Nc1cccnc1N1CCCC1)c1ccccc1Cl. The molecule has 1 atom stereocenters. The summed E-state index contributed by atoms with van der Waals surface area (Å²) in [6, 6.07) is 9.61. The summed E-state index contributed by atoms with van der Waals surface area (Å²) in [4.78, 5) is 31.1. The van der Waals surface area contributed by atoms with E-state index in [1.807, 2.05) is 6.07 Å². The molecule has 7 nitrogen and oxygen atoms in total. The molecule has 2 aromatic rings. The van der Waals surface area contributed by atoms with Crippen LogP contribution in [0.5, 0.6) is 0 Å². The summed E-state index contributed by atoms with van der Waals surface area (Å²) in [7, 11) is 1.31. The number of methoxy groups -OCH3 is 1. The molecule has 28 heavy (non-hydrogen) atoms. The largest absolute Gasteiger partial charge is 0.469 e. The zero-order valence-corrected chi connectivity index (χ0v) is 16.4. The van der Waals surface area contributed by atoms with Crippen molar-refractivity contribution in [1.29, 1.82) is 0 Å². The van der Waals surface area contributed by atoms with E-state index in [1.165, 1.54) is 7.11 Å². The Bertz CT molecular complexity index is 840. The first-order valence-corrected chi connectivity index (χ1v) is 9.55. The van der Waals surface area contributed by atoms with Crippen LogP contribution in [0.4, 0.5) is 16.3 Å². The Hall–Kier alpha value is -2.80. The molecular weight excluding hydrogens is 380 g/mol. The minimum absolute atomic E-state index is 0.0281. The van der Waals surface area contributed by atoms with Crippen LogP contribution in [-0.2, 0) is 9.53 Å². The van der Waals surface area contributed by atoms with E-state index in [-0.39, 0.29) is 6.42 Å². The fraction of sp³-hybridized carbons (Fsp3) is 0.350. The molecule has 8 heteroatoms. The van der Waals surface area contributed by atoms with Gasteiger partial charge in [0, 0.05) is 24.3 Å². The Kier molecular flexibility index (Phi) is 6.71. The fourth-order valence-corrected chi connectivity index (χ4v) is 3.51. The smallest absolute Gasteiger partial charge is 0.319 e. The van der Waals surface area contributed by atoms with Gasteiger partial charge in [-0.05, 0) is 36.6 Å². The molecule has 0 saturated carbocycles. The predicted octanol–water partition coefficient (Wildman–Crippen LogP) is 3.76. The van der Waals surface area contributed by atoms with Crippen molar-refractivity contribution >= 4 is 35.1 Å². The number of benzene rings is 1. The van der Waals surface area contributed by atoms with Gasteiger partial charge in [-0.2, -0.15) is 0 Å². The van der Waals surface area contributed by atoms with Crippen molar-refractivity contribution < 1.29 is 14.3 Å². The third-order valence-corrected chi connectivity index (χ3v) is 4.97. The minimum atomic E-state index is -0.618. The van der Waals surface area contributed by atoms with Gasteiger partial charge in [0.05, 0.1) is 25.3 Å². The number of hydrogen-bond donors (Lipinski definition) is 2. The topological polar surface area (TPSA) is 83.6 Å². The number of ether oxygens (including phenoxy) is 1. The molecule has 1 aromatic carbocycles. The van der Waals surface area contributed by atoms with Crippen molar-refractivity contribution in [1.82, 2.24) is 10.3 Å². The summed E-state index contributed by atoms with van der Waals surface area (Å²) in [5.74, 6) is 0.307. The number of esters is 1. The number of hydrogen-bond acceptors (Lipinski definition) is 5. The van der Waals surface area contributed by atoms with Crippen LogP contribution in [0.1, 0.15) is 30.9 Å². The number of nitrogens with zero attached hydrogens (tertiary/aromatic N) is 2. The Labute approximate surface area is 169 Å². The van der Waals surface area contributed by atoms with Crippen molar-refractivity contribution in [2.75, 3.05) is 30.4 Å². The second-order valence-electron chi connectivity index (χ2n) is 6.52. The molecule has 3 rings (SSSR count). The van der Waals surface area contributed by atoms with Crippen molar-refractivity contribution in [3.05, 3.63) is 53.2 Å². The lowest BCUT2D eigenvalue weighted by Gasteiger charge is -2.22. The van der Waals surface area contributed by atoms with E-state index in [9.17, 15) is 9.59 Å². The number of carbonyl (C=O) groups is 2. The van der Waals surface area contributed by atoms with E-state index in [0.29, 0.717) is 16.3 Å². The van der Waals surface area contributed by atoms with Crippen LogP contribution >= 0.6 is 11.6 Å². The maximum atomic E-state index is 12.7. The molecule has 0 bridgehead atoms. The summed E-state index contributed by atoms with van der Waals surface area (Å²) < 4.78 is 4.76. The van der Waals surface area contributed by atoms with Gasteiger partial charge in [0.15, 0.2) is 5.82 Å². The third-order valence-electron chi connectivity index (χ3n) is 4.62. The highest BCUT2D eigenvalue weighted by Gasteiger charge is 2.23. The van der Waals surface area contributed by atoms with Crippen LogP contribution in [0.2, 0.25) is 5.02 Å². The first-order chi connectivity index (χ1) is 13.6. The first kappa shape index (κ1) is 19.9. The highest BCUT2D eigenvalue weighted by Crippen LogP contribution is 2.28. The average molecular weight is 403 g/mol. The number of nitrogens with one attached hydrogen (secondary N) is 2. The molecule has 148 valence electrons. The van der Waals surface area contributed by atoms with E-state index in [4.69, 9.17) is 16.3 Å². The fourth-order valence-electron chi connectivity index (χ4n) is 3.24. The zero-order valence-electron chi connectivity index (χ0n) is 15.7. The number of amides is 2. The van der Waals surface area contributed by atoms with Crippen LogP contribution < -0.4 is 15.5 Å². The monoisotopic (exact) mass is 402 g/mol. The summed E-state index contributed by atoms with van der Waals surface area (Å²) in [6.45, 7) is 1.83. The number of aromatic nitrogens is 1. The molecule has 0 unspecified atom stereocenters. The maximum absolute atomic E-state index is 12.7. The predicted molar refractivity (Wildman–Crippen MR) is 109 cm³/mol.